The van der Waals surface area contributed by atoms with Gasteiger partial charge in [0.15, 0.2) is 0 Å². The van der Waals surface area contributed by atoms with E-state index in [1.54, 1.807) is 24.5 Å². The molecule has 1 aliphatic heterocycles. The number of hydrogen-bond donors (Lipinski definition) is 1. The number of imidazole rings is 1. The molecule has 3 heterocycles. The van der Waals surface area contributed by atoms with Crippen molar-refractivity contribution in [3.8, 4) is 0 Å². The summed E-state index contributed by atoms with van der Waals surface area (Å²) in [7, 11) is -3.59. The lowest BCUT2D eigenvalue weighted by atomic mass is 10.2. The molecule has 0 saturated heterocycles. The van der Waals surface area contributed by atoms with Gasteiger partial charge < -0.3 is 4.98 Å². The van der Waals surface area contributed by atoms with E-state index in [0.717, 1.165) is 23.1 Å². The fourth-order valence-electron chi connectivity index (χ4n) is 2.52. The average molecular weight is 321 g/mol. The second-order valence-electron chi connectivity index (χ2n) is 4.80. The van der Waals surface area contributed by atoms with Crippen LogP contribution in [0.25, 0.3) is 11.0 Å². The molecule has 108 valence electrons. The highest BCUT2D eigenvalue weighted by molar-refractivity contribution is 7.89. The number of hydrogen-bond acceptors (Lipinski definition) is 6. The first-order valence-electron chi connectivity index (χ1n) is 6.39. The highest BCUT2D eigenvalue weighted by Crippen LogP contribution is 2.27. The first-order valence-corrected chi connectivity index (χ1v) is 8.56. The summed E-state index contributed by atoms with van der Waals surface area (Å²) in [4.78, 5) is 7.41. The van der Waals surface area contributed by atoms with Gasteiger partial charge in [-0.05, 0) is 12.1 Å². The summed E-state index contributed by atoms with van der Waals surface area (Å²) in [6, 6.07) is 5.05. The second-order valence-corrected chi connectivity index (χ2v) is 7.24. The zero-order valence-corrected chi connectivity index (χ0v) is 12.5. The number of nitrogens with one attached hydrogen (secondary N) is 1. The molecule has 7 nitrogen and oxygen atoms in total. The van der Waals surface area contributed by atoms with Gasteiger partial charge in [-0.15, -0.1) is 0 Å². The van der Waals surface area contributed by atoms with Crippen LogP contribution in [-0.2, 0) is 23.0 Å². The minimum absolute atomic E-state index is 0.219. The Kier molecular flexibility index (Phi) is 2.81. The van der Waals surface area contributed by atoms with Crippen LogP contribution >= 0.6 is 11.7 Å². The van der Waals surface area contributed by atoms with Crippen LogP contribution in [0.15, 0.2) is 29.4 Å². The summed E-state index contributed by atoms with van der Waals surface area (Å²) in [5, 5.41) is 0. The predicted molar refractivity (Wildman–Crippen MR) is 77.3 cm³/mol. The molecule has 0 atom stereocenters. The molecule has 0 fully saturated rings. The fraction of sp³-hybridized carbons (Fsp3) is 0.250. The van der Waals surface area contributed by atoms with Gasteiger partial charge in [0.25, 0.3) is 0 Å². The second kappa shape index (κ2) is 4.58. The van der Waals surface area contributed by atoms with Crippen LogP contribution in [0.5, 0.6) is 0 Å². The molecule has 3 aromatic rings. The third-order valence-electron chi connectivity index (χ3n) is 3.61. The summed E-state index contributed by atoms with van der Waals surface area (Å²) in [5.74, 6) is 0. The highest BCUT2D eigenvalue weighted by atomic mass is 32.2. The van der Waals surface area contributed by atoms with E-state index < -0.39 is 10.0 Å². The van der Waals surface area contributed by atoms with E-state index >= 15 is 0 Å². The number of fused-ring (bicyclic) bond motifs is 2. The molecule has 2 aromatic heterocycles. The van der Waals surface area contributed by atoms with Crippen molar-refractivity contribution < 1.29 is 8.42 Å². The molecule has 1 aromatic carbocycles. The predicted octanol–water partition coefficient (Wildman–Crippen LogP) is 1.16. The number of benzene rings is 1. The fourth-order valence-corrected chi connectivity index (χ4v) is 4.68. The third kappa shape index (κ3) is 1.96. The Morgan fingerprint density at radius 3 is 3.10 bits per heavy atom. The van der Waals surface area contributed by atoms with Crippen molar-refractivity contribution in [3.63, 3.8) is 0 Å². The normalized spacial score (nSPS) is 16.2. The van der Waals surface area contributed by atoms with Gasteiger partial charge in [-0.1, -0.05) is 6.07 Å². The minimum atomic E-state index is -3.59. The molecule has 0 radical (unpaired) electrons. The Morgan fingerprint density at radius 2 is 2.19 bits per heavy atom. The van der Waals surface area contributed by atoms with Crippen molar-refractivity contribution >= 4 is 32.8 Å². The molecule has 1 N–H and O–H groups in total. The van der Waals surface area contributed by atoms with Crippen LogP contribution in [0.3, 0.4) is 0 Å². The van der Waals surface area contributed by atoms with Gasteiger partial charge in [0.1, 0.15) is 15.9 Å². The van der Waals surface area contributed by atoms with Crippen molar-refractivity contribution in [1.82, 2.24) is 23.0 Å². The van der Waals surface area contributed by atoms with Gasteiger partial charge in [-0.3, -0.25) is 0 Å². The van der Waals surface area contributed by atoms with Crippen LogP contribution in [0.4, 0.5) is 0 Å². The summed E-state index contributed by atoms with van der Waals surface area (Å²) in [6.45, 7) is 0.736. The van der Waals surface area contributed by atoms with E-state index in [1.807, 2.05) is 0 Å². The van der Waals surface area contributed by atoms with Crippen LogP contribution in [0.1, 0.15) is 11.4 Å². The van der Waals surface area contributed by atoms with E-state index in [0.29, 0.717) is 30.5 Å². The average Bonchev–Trinajstić information content (AvgIpc) is 3.14. The van der Waals surface area contributed by atoms with Crippen molar-refractivity contribution in [2.75, 3.05) is 6.54 Å². The molecule has 4 rings (SSSR count). The summed E-state index contributed by atoms with van der Waals surface area (Å²) < 4.78 is 35.4. The van der Waals surface area contributed by atoms with E-state index in [1.165, 1.54) is 4.31 Å². The van der Waals surface area contributed by atoms with E-state index in [4.69, 9.17) is 0 Å². The molecule has 0 saturated carbocycles. The molecule has 21 heavy (non-hydrogen) atoms. The zero-order valence-electron chi connectivity index (χ0n) is 10.9. The van der Waals surface area contributed by atoms with Gasteiger partial charge in [0.05, 0.1) is 36.0 Å². The quantitative estimate of drug-likeness (QED) is 0.765. The molecule has 0 bridgehead atoms. The van der Waals surface area contributed by atoms with Crippen LogP contribution in [-0.4, -0.2) is 38.0 Å². The molecule has 0 spiro atoms. The number of sulfonamides is 1. The number of rotatable bonds is 2. The SMILES string of the molecule is O=S(=O)(c1cccc2nsnc12)N1CCc2nc[nH]c2C1. The number of H-pyrrole nitrogens is 1. The number of aromatic amines is 1. The molecular formula is C12H11N5O2S2. The molecule has 1 aliphatic rings. The van der Waals surface area contributed by atoms with Crippen molar-refractivity contribution in [2.24, 2.45) is 0 Å². The Morgan fingerprint density at radius 1 is 1.29 bits per heavy atom. The van der Waals surface area contributed by atoms with Gasteiger partial charge >= 0.3 is 0 Å². The maximum atomic E-state index is 12.9. The van der Waals surface area contributed by atoms with Crippen LogP contribution in [0, 0.1) is 0 Å². The molecule has 0 amide bonds. The molecule has 9 heteroatoms. The summed E-state index contributed by atoms with van der Waals surface area (Å²) in [5.41, 5.74) is 2.85. The van der Waals surface area contributed by atoms with Gasteiger partial charge in [-0.25, -0.2) is 13.4 Å². The topological polar surface area (TPSA) is 91.8 Å². The van der Waals surface area contributed by atoms with Crippen LogP contribution in [0.2, 0.25) is 0 Å². The van der Waals surface area contributed by atoms with Gasteiger partial charge in [-0.2, -0.15) is 13.1 Å². The Bertz CT molecular complexity index is 915. The Labute approximate surface area is 125 Å². The first kappa shape index (κ1) is 12.9. The summed E-state index contributed by atoms with van der Waals surface area (Å²) >= 11 is 1.02. The molecule has 0 unspecified atom stereocenters. The van der Waals surface area contributed by atoms with Crippen molar-refractivity contribution in [3.05, 3.63) is 35.9 Å². The maximum Gasteiger partial charge on any atom is 0.245 e. The van der Waals surface area contributed by atoms with Crippen molar-refractivity contribution in [1.29, 1.82) is 0 Å². The standard InChI is InChI=1S/C12H11N5O2S2/c18-21(19,11-3-1-2-9-12(11)16-20-15-9)17-5-4-8-10(6-17)14-7-13-8/h1-3,7H,4-6H2,(H,13,14). The number of aromatic nitrogens is 4. The molecular weight excluding hydrogens is 310 g/mol. The summed E-state index contributed by atoms with van der Waals surface area (Å²) in [6.07, 6.45) is 2.22. The van der Waals surface area contributed by atoms with Crippen LogP contribution < -0.4 is 0 Å². The lowest BCUT2D eigenvalue weighted by Crippen LogP contribution is -2.36. The lowest BCUT2D eigenvalue weighted by Gasteiger charge is -2.25. The first-order chi connectivity index (χ1) is 10.2. The van der Waals surface area contributed by atoms with E-state index in [2.05, 4.69) is 18.7 Å². The minimum Gasteiger partial charge on any atom is -0.347 e. The molecule has 0 aliphatic carbocycles. The van der Waals surface area contributed by atoms with E-state index in [9.17, 15) is 8.42 Å². The number of nitrogens with zero attached hydrogens (tertiary/aromatic N) is 4. The highest BCUT2D eigenvalue weighted by Gasteiger charge is 2.31. The Hall–Kier alpha value is -1.84. The van der Waals surface area contributed by atoms with Crippen molar-refractivity contribution in [2.45, 2.75) is 17.9 Å². The maximum absolute atomic E-state index is 12.9. The Balaban J connectivity index is 1.79. The monoisotopic (exact) mass is 321 g/mol. The van der Waals surface area contributed by atoms with Gasteiger partial charge in [0, 0.05) is 13.0 Å². The lowest BCUT2D eigenvalue weighted by molar-refractivity contribution is 0.386. The third-order valence-corrected chi connectivity index (χ3v) is 6.03. The smallest absolute Gasteiger partial charge is 0.245 e. The van der Waals surface area contributed by atoms with E-state index in [-0.39, 0.29) is 4.90 Å². The zero-order chi connectivity index (χ0) is 14.4. The largest absolute Gasteiger partial charge is 0.347 e. The van der Waals surface area contributed by atoms with Gasteiger partial charge in [0.2, 0.25) is 10.0 Å².